The first kappa shape index (κ1) is 14.1. The van der Waals surface area contributed by atoms with E-state index in [2.05, 4.69) is 16.9 Å². The van der Waals surface area contributed by atoms with E-state index in [1.807, 2.05) is 0 Å². The van der Waals surface area contributed by atoms with E-state index in [1.165, 1.54) is 32.1 Å². The lowest BCUT2D eigenvalue weighted by Crippen LogP contribution is -2.32. The molecule has 112 valence electrons. The van der Waals surface area contributed by atoms with Crippen molar-refractivity contribution in [2.24, 2.45) is 0 Å². The monoisotopic (exact) mass is 278 g/mol. The summed E-state index contributed by atoms with van der Waals surface area (Å²) in [5.41, 5.74) is 0.405. The van der Waals surface area contributed by atoms with Crippen LogP contribution in [0, 0.1) is 0 Å². The molecule has 20 heavy (non-hydrogen) atoms. The summed E-state index contributed by atoms with van der Waals surface area (Å²) in [6.45, 7) is 1.44. The normalized spacial score (nSPS) is 29.2. The predicted octanol–water partition coefficient (Wildman–Crippen LogP) is 2.86. The molecular formula is C16H26N2O2. The summed E-state index contributed by atoms with van der Waals surface area (Å²) in [4.78, 5) is 0. The highest BCUT2D eigenvalue weighted by atomic mass is 16.5. The summed E-state index contributed by atoms with van der Waals surface area (Å²) in [7, 11) is 0. The fourth-order valence-corrected chi connectivity index (χ4v) is 3.53. The van der Waals surface area contributed by atoms with Gasteiger partial charge in [-0.1, -0.05) is 19.3 Å². The molecule has 1 unspecified atom stereocenters. The third kappa shape index (κ3) is 3.41. The Labute approximate surface area is 121 Å². The molecule has 1 aromatic heterocycles. The van der Waals surface area contributed by atoms with Crippen LogP contribution in [0.25, 0.3) is 0 Å². The maximum Gasteiger partial charge on any atom is 0.0726 e. The molecule has 3 rings (SSSR count). The average molecular weight is 278 g/mol. The first-order chi connectivity index (χ1) is 9.75. The van der Waals surface area contributed by atoms with Crippen molar-refractivity contribution in [3.63, 3.8) is 0 Å². The molecule has 1 aromatic rings. The molecule has 1 saturated carbocycles. The molecule has 2 fully saturated rings. The third-order valence-electron chi connectivity index (χ3n) is 4.77. The largest absolute Gasteiger partial charge is 0.389 e. The number of aromatic nitrogens is 2. The highest BCUT2D eigenvalue weighted by Gasteiger charge is 2.29. The number of hydrogen-bond acceptors (Lipinski definition) is 3. The van der Waals surface area contributed by atoms with E-state index < -0.39 is 5.60 Å². The van der Waals surface area contributed by atoms with E-state index in [1.54, 1.807) is 0 Å². The van der Waals surface area contributed by atoms with Crippen molar-refractivity contribution >= 4 is 0 Å². The van der Waals surface area contributed by atoms with Crippen LogP contribution in [0.4, 0.5) is 0 Å². The van der Waals surface area contributed by atoms with Crippen molar-refractivity contribution in [1.29, 1.82) is 0 Å². The van der Waals surface area contributed by atoms with Crippen molar-refractivity contribution in [1.82, 2.24) is 9.78 Å². The zero-order valence-corrected chi connectivity index (χ0v) is 12.3. The fraction of sp³-hybridized carbons (Fsp3) is 0.812. The standard InChI is InChI=1S/C16H26N2O2/c19-16(8-4-11-20-12-9-16)13-14-7-10-18(17-14)15-5-2-1-3-6-15/h7,10,15,19H,1-6,8-9,11-13H2. The Bertz CT molecular complexity index is 416. The van der Waals surface area contributed by atoms with Crippen molar-refractivity contribution < 1.29 is 9.84 Å². The number of rotatable bonds is 3. The second-order valence-corrected chi connectivity index (χ2v) is 6.45. The summed E-state index contributed by atoms with van der Waals surface area (Å²) < 4.78 is 7.57. The van der Waals surface area contributed by atoms with Gasteiger partial charge >= 0.3 is 0 Å². The van der Waals surface area contributed by atoms with Crippen molar-refractivity contribution in [2.75, 3.05) is 13.2 Å². The Morgan fingerprint density at radius 3 is 2.90 bits per heavy atom. The van der Waals surface area contributed by atoms with E-state index in [4.69, 9.17) is 9.84 Å². The van der Waals surface area contributed by atoms with Gasteiger partial charge in [0.1, 0.15) is 0 Å². The molecule has 0 spiro atoms. The predicted molar refractivity (Wildman–Crippen MR) is 77.7 cm³/mol. The minimum Gasteiger partial charge on any atom is -0.389 e. The summed E-state index contributed by atoms with van der Waals surface area (Å²) >= 11 is 0. The van der Waals surface area contributed by atoms with E-state index in [0.717, 1.165) is 31.6 Å². The SMILES string of the molecule is OC1(Cc2ccn(C3CCCCC3)n2)CCCOCC1. The molecule has 4 heteroatoms. The minimum atomic E-state index is -0.623. The van der Waals surface area contributed by atoms with Gasteiger partial charge in [0.25, 0.3) is 0 Å². The lowest BCUT2D eigenvalue weighted by Gasteiger charge is -2.25. The van der Waals surface area contributed by atoms with Crippen LogP contribution in [0.15, 0.2) is 12.3 Å². The van der Waals surface area contributed by atoms with Crippen LogP contribution in [0.2, 0.25) is 0 Å². The summed E-state index contributed by atoms with van der Waals surface area (Å²) in [6, 6.07) is 2.66. The molecule has 0 aromatic carbocycles. The van der Waals surface area contributed by atoms with Gasteiger partial charge in [-0.25, -0.2) is 0 Å². The molecule has 1 aliphatic heterocycles. The molecule has 1 N–H and O–H groups in total. The van der Waals surface area contributed by atoms with Crippen molar-refractivity contribution in [3.8, 4) is 0 Å². The second-order valence-electron chi connectivity index (χ2n) is 6.45. The van der Waals surface area contributed by atoms with Crippen LogP contribution in [0.3, 0.4) is 0 Å². The number of aliphatic hydroxyl groups is 1. The van der Waals surface area contributed by atoms with Crippen LogP contribution in [-0.2, 0) is 11.2 Å². The first-order valence-electron chi connectivity index (χ1n) is 8.09. The quantitative estimate of drug-likeness (QED) is 0.925. The van der Waals surface area contributed by atoms with Gasteiger partial charge in [-0.15, -0.1) is 0 Å². The average Bonchev–Trinajstić information content (AvgIpc) is 2.81. The lowest BCUT2D eigenvalue weighted by molar-refractivity contribution is 0.0178. The van der Waals surface area contributed by atoms with Crippen molar-refractivity contribution in [2.45, 2.75) is 69.4 Å². The number of hydrogen-bond donors (Lipinski definition) is 1. The molecule has 0 radical (unpaired) electrons. The van der Waals surface area contributed by atoms with Crippen LogP contribution in [-0.4, -0.2) is 33.7 Å². The number of nitrogens with zero attached hydrogens (tertiary/aromatic N) is 2. The Morgan fingerprint density at radius 2 is 2.05 bits per heavy atom. The van der Waals surface area contributed by atoms with Gasteiger partial charge in [-0.3, -0.25) is 4.68 Å². The van der Waals surface area contributed by atoms with E-state index >= 15 is 0 Å². The van der Waals surface area contributed by atoms with Gasteiger partial charge in [0.2, 0.25) is 0 Å². The molecule has 0 bridgehead atoms. The number of ether oxygens (including phenoxy) is 1. The van der Waals surface area contributed by atoms with Gasteiger partial charge in [0.05, 0.1) is 17.3 Å². The summed E-state index contributed by atoms with van der Waals surface area (Å²) in [5, 5.41) is 15.4. The Kier molecular flexibility index (Phi) is 4.41. The van der Waals surface area contributed by atoms with Crippen LogP contribution >= 0.6 is 0 Å². The molecule has 0 amide bonds. The lowest BCUT2D eigenvalue weighted by atomic mass is 9.90. The van der Waals surface area contributed by atoms with E-state index in [-0.39, 0.29) is 0 Å². The minimum absolute atomic E-state index is 0.574. The Balaban J connectivity index is 1.63. The van der Waals surface area contributed by atoms with Crippen molar-refractivity contribution in [3.05, 3.63) is 18.0 Å². The Morgan fingerprint density at radius 1 is 1.20 bits per heavy atom. The molecule has 1 saturated heterocycles. The van der Waals surface area contributed by atoms with Gasteiger partial charge in [-0.2, -0.15) is 5.10 Å². The highest BCUT2D eigenvalue weighted by Crippen LogP contribution is 2.29. The highest BCUT2D eigenvalue weighted by molar-refractivity contribution is 5.05. The molecule has 2 aliphatic rings. The molecule has 1 atom stereocenters. The maximum absolute atomic E-state index is 10.7. The third-order valence-corrected chi connectivity index (χ3v) is 4.77. The van der Waals surface area contributed by atoms with E-state index in [0.29, 0.717) is 19.1 Å². The molecular weight excluding hydrogens is 252 g/mol. The summed E-state index contributed by atoms with van der Waals surface area (Å²) in [5.74, 6) is 0. The topological polar surface area (TPSA) is 47.3 Å². The first-order valence-corrected chi connectivity index (χ1v) is 8.09. The maximum atomic E-state index is 10.7. The Hall–Kier alpha value is -0.870. The zero-order chi connectivity index (χ0) is 13.8. The van der Waals surface area contributed by atoms with Crippen LogP contribution in [0.1, 0.15) is 63.1 Å². The van der Waals surface area contributed by atoms with Crippen LogP contribution in [0.5, 0.6) is 0 Å². The summed E-state index contributed by atoms with van der Waals surface area (Å²) in [6.07, 6.45) is 11.8. The van der Waals surface area contributed by atoms with Gasteiger partial charge in [-0.05, 0) is 38.2 Å². The van der Waals surface area contributed by atoms with E-state index in [9.17, 15) is 5.11 Å². The molecule has 1 aliphatic carbocycles. The van der Waals surface area contributed by atoms with Gasteiger partial charge in [0, 0.05) is 25.8 Å². The second kappa shape index (κ2) is 6.27. The van der Waals surface area contributed by atoms with Gasteiger partial charge < -0.3 is 9.84 Å². The van der Waals surface area contributed by atoms with Crippen LogP contribution < -0.4 is 0 Å². The zero-order valence-electron chi connectivity index (χ0n) is 12.3. The fourth-order valence-electron chi connectivity index (χ4n) is 3.53. The van der Waals surface area contributed by atoms with Gasteiger partial charge in [0.15, 0.2) is 0 Å². The molecule has 2 heterocycles. The molecule has 4 nitrogen and oxygen atoms in total. The smallest absolute Gasteiger partial charge is 0.0726 e.